The van der Waals surface area contributed by atoms with Gasteiger partial charge in [-0.1, -0.05) is 55.0 Å². The van der Waals surface area contributed by atoms with E-state index in [-0.39, 0.29) is 13.3 Å². The summed E-state index contributed by atoms with van der Waals surface area (Å²) in [6, 6.07) is 17.4. The number of benzene rings is 2. The zero-order valence-electron chi connectivity index (χ0n) is 19.2. The molecule has 0 atom stereocenters. The Hall–Kier alpha value is -2.59. The molecular weight excluding hydrogens is 439 g/mol. The van der Waals surface area contributed by atoms with Gasteiger partial charge < -0.3 is 9.84 Å². The Morgan fingerprint density at radius 1 is 1.09 bits per heavy atom. The fourth-order valence-electron chi connectivity index (χ4n) is 4.87. The molecule has 1 heterocycles. The van der Waals surface area contributed by atoms with E-state index in [1.807, 2.05) is 0 Å². The molecule has 1 fully saturated rings. The maximum Gasteiger partial charge on any atom is 0.322 e. The SMILES string of the molecule is CP(C)c1ccc(-c2cccc(NCC34CCC(c5noc(C(C)(F)F)n5)=C(C3)C4)c2)cc1. The third-order valence-corrected chi connectivity index (χ3v) is 8.16. The van der Waals surface area contributed by atoms with Crippen molar-refractivity contribution in [1.29, 1.82) is 0 Å². The molecule has 3 aromatic rings. The predicted molar refractivity (Wildman–Crippen MR) is 130 cm³/mol. The van der Waals surface area contributed by atoms with Gasteiger partial charge in [-0.15, -0.1) is 0 Å². The predicted octanol–water partition coefficient (Wildman–Crippen LogP) is 6.65. The second kappa shape index (κ2) is 8.32. The summed E-state index contributed by atoms with van der Waals surface area (Å²) in [4.78, 5) is 3.95. The topological polar surface area (TPSA) is 51.0 Å². The summed E-state index contributed by atoms with van der Waals surface area (Å²) in [6.07, 6.45) is 3.71. The Balaban J connectivity index is 1.24. The zero-order valence-corrected chi connectivity index (χ0v) is 20.1. The van der Waals surface area contributed by atoms with Gasteiger partial charge in [0.1, 0.15) is 0 Å². The van der Waals surface area contributed by atoms with E-state index in [4.69, 9.17) is 4.52 Å². The summed E-state index contributed by atoms with van der Waals surface area (Å²) in [5, 5.41) is 8.87. The molecule has 0 saturated heterocycles. The maximum atomic E-state index is 13.4. The van der Waals surface area contributed by atoms with Gasteiger partial charge in [-0.2, -0.15) is 13.8 Å². The summed E-state index contributed by atoms with van der Waals surface area (Å²) >= 11 is 0. The number of hydrogen-bond acceptors (Lipinski definition) is 4. The lowest BCUT2D eigenvalue weighted by Gasteiger charge is -2.49. The van der Waals surface area contributed by atoms with E-state index in [1.54, 1.807) is 0 Å². The van der Waals surface area contributed by atoms with Gasteiger partial charge in [0.25, 0.3) is 5.89 Å². The van der Waals surface area contributed by atoms with E-state index >= 15 is 0 Å². The molecule has 1 saturated carbocycles. The highest BCUT2D eigenvalue weighted by Crippen LogP contribution is 2.57. The van der Waals surface area contributed by atoms with Crippen molar-refractivity contribution in [2.45, 2.75) is 38.5 Å². The number of nitrogens with zero attached hydrogens (tertiary/aromatic N) is 2. The van der Waals surface area contributed by atoms with Crippen molar-refractivity contribution in [2.24, 2.45) is 5.41 Å². The first kappa shape index (κ1) is 22.2. The van der Waals surface area contributed by atoms with Crippen molar-refractivity contribution in [2.75, 3.05) is 25.2 Å². The van der Waals surface area contributed by atoms with Crippen LogP contribution in [0.5, 0.6) is 0 Å². The van der Waals surface area contributed by atoms with Gasteiger partial charge in [0.05, 0.1) is 0 Å². The summed E-state index contributed by atoms with van der Waals surface area (Å²) in [6.45, 7) is 6.21. The lowest BCUT2D eigenvalue weighted by atomic mass is 9.57. The Morgan fingerprint density at radius 3 is 2.45 bits per heavy atom. The number of nitrogens with one attached hydrogen (secondary N) is 1. The standard InChI is InChI=1S/C26H28F2N3OP/c1-25(27,28)24-30-23(31-32-24)22-11-12-26(14-19(22)15-26)16-29-20-6-4-5-18(13-20)17-7-9-21(10-8-17)33(2)3/h4-10,13,29H,11-12,14-16H2,1-3H3. The van der Waals surface area contributed by atoms with Crippen LogP contribution in [0, 0.1) is 5.41 Å². The molecule has 2 bridgehead atoms. The third-order valence-electron chi connectivity index (χ3n) is 6.83. The number of aromatic nitrogens is 2. The molecule has 3 aliphatic rings. The van der Waals surface area contributed by atoms with Crippen LogP contribution in [0.25, 0.3) is 16.7 Å². The summed E-state index contributed by atoms with van der Waals surface area (Å²) in [5.74, 6) is -3.38. The minimum Gasteiger partial charge on any atom is -0.384 e. The molecule has 172 valence electrons. The van der Waals surface area contributed by atoms with Gasteiger partial charge in [0.15, 0.2) is 5.82 Å². The summed E-state index contributed by atoms with van der Waals surface area (Å²) < 4.78 is 31.6. The van der Waals surface area contributed by atoms with Crippen LogP contribution in [0.15, 0.2) is 58.6 Å². The van der Waals surface area contributed by atoms with E-state index in [0.29, 0.717) is 5.82 Å². The van der Waals surface area contributed by atoms with E-state index in [0.717, 1.165) is 50.4 Å². The smallest absolute Gasteiger partial charge is 0.322 e. The number of anilines is 1. The first-order chi connectivity index (χ1) is 15.7. The van der Waals surface area contributed by atoms with Gasteiger partial charge in [-0.3, -0.25) is 0 Å². The minimum atomic E-state index is -3.11. The average molecular weight is 468 g/mol. The van der Waals surface area contributed by atoms with Gasteiger partial charge in [0.2, 0.25) is 0 Å². The Morgan fingerprint density at radius 2 is 1.85 bits per heavy atom. The Kier molecular flexibility index (Phi) is 5.60. The molecule has 4 nitrogen and oxygen atoms in total. The number of fused-ring (bicyclic) bond motifs is 2. The van der Waals surface area contributed by atoms with Crippen LogP contribution < -0.4 is 10.6 Å². The molecule has 6 rings (SSSR count). The molecule has 0 amide bonds. The number of allylic oxidation sites excluding steroid dienone is 2. The number of rotatable bonds is 7. The molecule has 0 unspecified atom stereocenters. The van der Waals surface area contributed by atoms with Crippen LogP contribution in [0.3, 0.4) is 0 Å². The van der Waals surface area contributed by atoms with E-state index < -0.39 is 11.8 Å². The Bertz CT molecular complexity index is 1190. The minimum absolute atomic E-state index is 0.0825. The molecule has 1 N–H and O–H groups in total. The van der Waals surface area contributed by atoms with Gasteiger partial charge in [-0.05, 0) is 78.6 Å². The second-order valence-electron chi connectivity index (χ2n) is 9.62. The highest BCUT2D eigenvalue weighted by molar-refractivity contribution is 7.64. The first-order valence-corrected chi connectivity index (χ1v) is 13.5. The van der Waals surface area contributed by atoms with Crippen LogP contribution in [0.1, 0.15) is 44.3 Å². The van der Waals surface area contributed by atoms with Crippen LogP contribution >= 0.6 is 7.92 Å². The Labute approximate surface area is 194 Å². The van der Waals surface area contributed by atoms with Crippen LogP contribution in [0.4, 0.5) is 14.5 Å². The maximum absolute atomic E-state index is 13.4. The van der Waals surface area contributed by atoms with Gasteiger partial charge in [-0.25, -0.2) is 0 Å². The van der Waals surface area contributed by atoms with Crippen molar-refractivity contribution >= 4 is 24.5 Å². The van der Waals surface area contributed by atoms with Crippen molar-refractivity contribution in [3.05, 3.63) is 65.8 Å². The quantitative estimate of drug-likeness (QED) is 0.395. The van der Waals surface area contributed by atoms with Crippen LogP contribution in [-0.4, -0.2) is 30.0 Å². The van der Waals surface area contributed by atoms with E-state index in [2.05, 4.69) is 77.3 Å². The fraction of sp³-hybridized carbons (Fsp3) is 0.385. The summed E-state index contributed by atoms with van der Waals surface area (Å²) in [7, 11) is -0.0825. The first-order valence-electron chi connectivity index (χ1n) is 11.3. The van der Waals surface area contributed by atoms with E-state index in [1.165, 1.54) is 22.0 Å². The molecule has 0 radical (unpaired) electrons. The molecule has 33 heavy (non-hydrogen) atoms. The fourth-order valence-corrected chi connectivity index (χ4v) is 5.61. The van der Waals surface area contributed by atoms with Crippen molar-refractivity contribution < 1.29 is 13.3 Å². The largest absolute Gasteiger partial charge is 0.384 e. The van der Waals surface area contributed by atoms with Crippen molar-refractivity contribution in [3.8, 4) is 11.1 Å². The third kappa shape index (κ3) is 4.46. The number of hydrogen-bond donors (Lipinski definition) is 1. The normalized spacial score (nSPS) is 17.3. The van der Waals surface area contributed by atoms with Gasteiger partial charge in [0, 0.05) is 19.2 Å². The lowest BCUT2D eigenvalue weighted by Crippen LogP contribution is -2.41. The second-order valence-corrected chi connectivity index (χ2v) is 11.9. The molecular formula is C26H28F2N3OP. The number of halogens is 2. The monoisotopic (exact) mass is 467 g/mol. The van der Waals surface area contributed by atoms with Crippen LogP contribution in [0.2, 0.25) is 0 Å². The molecule has 0 aliphatic heterocycles. The number of alkyl halides is 2. The molecule has 3 aliphatic carbocycles. The highest BCUT2D eigenvalue weighted by Gasteiger charge is 2.46. The molecule has 1 aromatic heterocycles. The summed E-state index contributed by atoms with van der Waals surface area (Å²) in [5.41, 5.74) is 6.04. The van der Waals surface area contributed by atoms with Crippen molar-refractivity contribution in [1.82, 2.24) is 10.1 Å². The molecule has 7 heteroatoms. The van der Waals surface area contributed by atoms with Gasteiger partial charge >= 0.3 is 5.92 Å². The average Bonchev–Trinajstić information content (AvgIpc) is 3.28. The highest BCUT2D eigenvalue weighted by atomic mass is 31.1. The lowest BCUT2D eigenvalue weighted by molar-refractivity contribution is -0.0158. The zero-order chi connectivity index (χ0) is 23.2. The molecule has 2 aromatic carbocycles. The van der Waals surface area contributed by atoms with Crippen molar-refractivity contribution in [3.63, 3.8) is 0 Å². The van der Waals surface area contributed by atoms with Crippen LogP contribution in [-0.2, 0) is 5.92 Å². The molecule has 0 spiro atoms. The van der Waals surface area contributed by atoms with E-state index in [9.17, 15) is 8.78 Å².